The third-order valence-corrected chi connectivity index (χ3v) is 6.47. The molecule has 0 aliphatic heterocycles. The number of fused-ring (bicyclic) bond motifs is 3. The molecular formula is C20H26O4. The number of rotatable bonds is 1. The van der Waals surface area contributed by atoms with Gasteiger partial charge in [-0.1, -0.05) is 25.5 Å². The molecule has 0 heterocycles. The van der Waals surface area contributed by atoms with Gasteiger partial charge in [0.05, 0.1) is 0 Å². The maximum Gasteiger partial charge on any atom is 0.302 e. The summed E-state index contributed by atoms with van der Waals surface area (Å²) in [5.74, 6) is -0.0886. The lowest BCUT2D eigenvalue weighted by Gasteiger charge is -2.56. The van der Waals surface area contributed by atoms with Crippen LogP contribution in [-0.2, 0) is 19.1 Å². The number of ether oxygens (including phenoxy) is 1. The second-order valence-corrected chi connectivity index (χ2v) is 8.45. The van der Waals surface area contributed by atoms with E-state index in [9.17, 15) is 14.4 Å². The molecule has 3 atom stereocenters. The van der Waals surface area contributed by atoms with Gasteiger partial charge in [0.25, 0.3) is 0 Å². The Kier molecular flexibility index (Phi) is 3.67. The number of hydrogen-bond acceptors (Lipinski definition) is 4. The molecule has 0 saturated heterocycles. The molecule has 3 aliphatic rings. The molecule has 0 radical (unpaired) electrons. The predicted molar refractivity (Wildman–Crippen MR) is 90.2 cm³/mol. The molecule has 1 saturated carbocycles. The standard InChI is InChI=1S/C20H26O4/c1-12(21)24-17-11-13(22)10-15-19(4)9-7-16(23)18(2,3)14(19)6-8-20(15,17)5/h6,10,17H,7-9,11H2,1-5H3/t17-,19+,20-/m1/s1. The van der Waals surface area contributed by atoms with Crippen LogP contribution in [0.1, 0.15) is 60.3 Å². The molecule has 4 heteroatoms. The zero-order valence-electron chi connectivity index (χ0n) is 15.2. The van der Waals surface area contributed by atoms with Crippen LogP contribution in [0.4, 0.5) is 0 Å². The van der Waals surface area contributed by atoms with Crippen molar-refractivity contribution >= 4 is 17.5 Å². The van der Waals surface area contributed by atoms with E-state index in [1.165, 1.54) is 6.92 Å². The Morgan fingerprint density at radius 2 is 1.83 bits per heavy atom. The van der Waals surface area contributed by atoms with Gasteiger partial charge in [-0.2, -0.15) is 0 Å². The second-order valence-electron chi connectivity index (χ2n) is 8.45. The Balaban J connectivity index is 2.15. The monoisotopic (exact) mass is 330 g/mol. The lowest BCUT2D eigenvalue weighted by molar-refractivity contribution is -0.154. The first-order chi connectivity index (χ1) is 11.0. The van der Waals surface area contributed by atoms with Crippen molar-refractivity contribution < 1.29 is 19.1 Å². The van der Waals surface area contributed by atoms with Gasteiger partial charge >= 0.3 is 5.97 Å². The summed E-state index contributed by atoms with van der Waals surface area (Å²) in [6.45, 7) is 9.58. The van der Waals surface area contributed by atoms with E-state index < -0.39 is 11.5 Å². The quantitative estimate of drug-likeness (QED) is 0.545. The van der Waals surface area contributed by atoms with Crippen LogP contribution in [0.2, 0.25) is 0 Å². The van der Waals surface area contributed by atoms with E-state index in [-0.39, 0.29) is 34.8 Å². The SMILES string of the molecule is CC(=O)O[C@@H]1CC(=O)C=C2[C@@]3(C)CCC(=O)C(C)(C)C3=CC[C@]21C. The van der Waals surface area contributed by atoms with Crippen molar-refractivity contribution in [1.82, 2.24) is 0 Å². The van der Waals surface area contributed by atoms with Crippen LogP contribution < -0.4 is 0 Å². The molecule has 0 N–H and O–H groups in total. The van der Waals surface area contributed by atoms with Gasteiger partial charge in [-0.3, -0.25) is 14.4 Å². The van der Waals surface area contributed by atoms with Crippen LogP contribution in [0.25, 0.3) is 0 Å². The third-order valence-electron chi connectivity index (χ3n) is 6.47. The summed E-state index contributed by atoms with van der Waals surface area (Å²) in [7, 11) is 0. The molecule has 24 heavy (non-hydrogen) atoms. The molecule has 3 aliphatic carbocycles. The highest BCUT2D eigenvalue weighted by atomic mass is 16.5. The minimum atomic E-state index is -0.507. The minimum Gasteiger partial charge on any atom is -0.461 e. The second kappa shape index (κ2) is 5.14. The maximum absolute atomic E-state index is 12.4. The number of allylic oxidation sites excluding steroid dienone is 3. The lowest BCUT2D eigenvalue weighted by atomic mass is 9.48. The van der Waals surface area contributed by atoms with Gasteiger partial charge < -0.3 is 4.74 Å². The Labute approximate surface area is 143 Å². The van der Waals surface area contributed by atoms with Crippen LogP contribution in [0, 0.1) is 16.2 Å². The molecule has 0 unspecified atom stereocenters. The van der Waals surface area contributed by atoms with Crippen molar-refractivity contribution in [2.75, 3.05) is 0 Å². The Morgan fingerprint density at radius 3 is 2.46 bits per heavy atom. The van der Waals surface area contributed by atoms with Gasteiger partial charge in [0, 0.05) is 36.0 Å². The van der Waals surface area contributed by atoms with Gasteiger partial charge in [0.15, 0.2) is 5.78 Å². The van der Waals surface area contributed by atoms with Crippen molar-refractivity contribution in [3.63, 3.8) is 0 Å². The first-order valence-corrected chi connectivity index (χ1v) is 8.69. The van der Waals surface area contributed by atoms with Crippen LogP contribution in [0.15, 0.2) is 23.3 Å². The summed E-state index contributed by atoms with van der Waals surface area (Å²) in [4.78, 5) is 36.3. The molecule has 0 aromatic carbocycles. The maximum atomic E-state index is 12.4. The summed E-state index contributed by atoms with van der Waals surface area (Å²) < 4.78 is 5.54. The number of esters is 1. The fraction of sp³-hybridized carbons (Fsp3) is 0.650. The van der Waals surface area contributed by atoms with Gasteiger partial charge in [-0.05, 0) is 38.3 Å². The zero-order chi connectivity index (χ0) is 17.9. The van der Waals surface area contributed by atoms with Crippen molar-refractivity contribution in [2.24, 2.45) is 16.2 Å². The summed E-state index contributed by atoms with van der Waals surface area (Å²) >= 11 is 0. The number of carbonyl (C=O) groups is 3. The van der Waals surface area contributed by atoms with Crippen LogP contribution >= 0.6 is 0 Å². The molecule has 1 fully saturated rings. The first-order valence-electron chi connectivity index (χ1n) is 8.69. The predicted octanol–water partition coefficient (Wildman–Crippen LogP) is 3.55. The molecule has 0 bridgehead atoms. The van der Waals surface area contributed by atoms with Gasteiger partial charge in [-0.25, -0.2) is 0 Å². The molecule has 130 valence electrons. The normalized spacial score (nSPS) is 37.8. The molecule has 4 nitrogen and oxygen atoms in total. The van der Waals surface area contributed by atoms with E-state index >= 15 is 0 Å². The highest BCUT2D eigenvalue weighted by Gasteiger charge is 2.57. The van der Waals surface area contributed by atoms with Crippen LogP contribution in [0.3, 0.4) is 0 Å². The summed E-state index contributed by atoms with van der Waals surface area (Å²) in [6.07, 6.45) is 5.65. The largest absolute Gasteiger partial charge is 0.461 e. The van der Waals surface area contributed by atoms with E-state index in [0.29, 0.717) is 19.3 Å². The van der Waals surface area contributed by atoms with E-state index in [1.807, 2.05) is 13.8 Å². The van der Waals surface area contributed by atoms with E-state index in [0.717, 1.165) is 11.1 Å². The lowest BCUT2D eigenvalue weighted by Crippen LogP contribution is -2.53. The highest BCUT2D eigenvalue weighted by Crippen LogP contribution is 2.62. The molecule has 0 spiro atoms. The highest BCUT2D eigenvalue weighted by molar-refractivity contribution is 5.94. The topological polar surface area (TPSA) is 60.4 Å². The van der Waals surface area contributed by atoms with Crippen LogP contribution in [-0.4, -0.2) is 23.6 Å². The molecular weight excluding hydrogens is 304 g/mol. The summed E-state index contributed by atoms with van der Waals surface area (Å²) in [5, 5.41) is 0. The Bertz CT molecular complexity index is 696. The molecule has 0 aromatic rings. The number of ketones is 2. The number of Topliss-reactive ketones (excluding diaryl/α,β-unsaturated/α-hetero) is 1. The van der Waals surface area contributed by atoms with E-state index in [4.69, 9.17) is 4.74 Å². The number of hydrogen-bond donors (Lipinski definition) is 0. The summed E-state index contributed by atoms with van der Waals surface area (Å²) in [5.41, 5.74) is 0.946. The Hall–Kier alpha value is -1.71. The van der Waals surface area contributed by atoms with E-state index in [2.05, 4.69) is 19.9 Å². The van der Waals surface area contributed by atoms with Crippen molar-refractivity contribution in [3.8, 4) is 0 Å². The molecule has 0 amide bonds. The van der Waals surface area contributed by atoms with Crippen LogP contribution in [0.5, 0.6) is 0 Å². The smallest absolute Gasteiger partial charge is 0.302 e. The zero-order valence-corrected chi connectivity index (χ0v) is 15.2. The van der Waals surface area contributed by atoms with Crippen molar-refractivity contribution in [2.45, 2.75) is 66.4 Å². The first kappa shape index (κ1) is 17.1. The van der Waals surface area contributed by atoms with Crippen molar-refractivity contribution in [1.29, 1.82) is 0 Å². The fourth-order valence-electron chi connectivity index (χ4n) is 5.09. The average Bonchev–Trinajstić information content (AvgIpc) is 2.45. The van der Waals surface area contributed by atoms with Gasteiger partial charge in [0.2, 0.25) is 0 Å². The van der Waals surface area contributed by atoms with Gasteiger partial charge in [-0.15, -0.1) is 0 Å². The van der Waals surface area contributed by atoms with E-state index in [1.54, 1.807) is 6.08 Å². The Morgan fingerprint density at radius 1 is 1.17 bits per heavy atom. The minimum absolute atomic E-state index is 0.00547. The molecule has 0 aromatic heterocycles. The fourth-order valence-corrected chi connectivity index (χ4v) is 5.09. The number of carbonyl (C=O) groups excluding carboxylic acids is 3. The van der Waals surface area contributed by atoms with Gasteiger partial charge in [0.1, 0.15) is 11.9 Å². The average molecular weight is 330 g/mol. The molecule has 3 rings (SSSR count). The third kappa shape index (κ3) is 2.22. The van der Waals surface area contributed by atoms with Crippen molar-refractivity contribution in [3.05, 3.63) is 23.3 Å². The summed E-state index contributed by atoms with van der Waals surface area (Å²) in [6, 6.07) is 0.